The molecule has 1 aliphatic heterocycles. The number of nitrogens with zero attached hydrogens (tertiary/aromatic N) is 3. The second-order valence-corrected chi connectivity index (χ2v) is 10.7. The molecule has 35 heavy (non-hydrogen) atoms. The van der Waals surface area contributed by atoms with E-state index in [1.165, 1.54) is 40.0 Å². The SMILES string of the molecule is COc1ccc(S(=O)(=O)N2CCN(S(=O)(=O)c3ccc([N+](=O)[O-])cc3)CC2)cc1.O=C(O)C(=O)O. The van der Waals surface area contributed by atoms with Gasteiger partial charge in [-0.15, -0.1) is 0 Å². The summed E-state index contributed by atoms with van der Waals surface area (Å²) >= 11 is 0. The van der Waals surface area contributed by atoms with Crippen molar-refractivity contribution in [3.63, 3.8) is 0 Å². The van der Waals surface area contributed by atoms with E-state index in [0.29, 0.717) is 5.75 Å². The molecule has 16 heteroatoms. The summed E-state index contributed by atoms with van der Waals surface area (Å²) < 4.78 is 58.4. The fraction of sp³-hybridized carbons (Fsp3) is 0.263. The van der Waals surface area contributed by atoms with E-state index in [9.17, 15) is 26.9 Å². The Morgan fingerprint density at radius 3 is 1.43 bits per heavy atom. The number of piperazine rings is 1. The van der Waals surface area contributed by atoms with Crippen molar-refractivity contribution >= 4 is 37.7 Å². The van der Waals surface area contributed by atoms with Crippen LogP contribution in [0.5, 0.6) is 5.75 Å². The van der Waals surface area contributed by atoms with Gasteiger partial charge in [0.15, 0.2) is 0 Å². The average molecular weight is 532 g/mol. The van der Waals surface area contributed by atoms with Gasteiger partial charge in [0.05, 0.1) is 21.8 Å². The van der Waals surface area contributed by atoms with Gasteiger partial charge < -0.3 is 14.9 Å². The van der Waals surface area contributed by atoms with Crippen LogP contribution in [0.1, 0.15) is 0 Å². The number of benzene rings is 2. The maximum atomic E-state index is 12.8. The third-order valence-electron chi connectivity index (χ3n) is 4.76. The summed E-state index contributed by atoms with van der Waals surface area (Å²) in [7, 11) is -6.15. The average Bonchev–Trinajstić information content (AvgIpc) is 2.84. The summed E-state index contributed by atoms with van der Waals surface area (Å²) in [5, 5.41) is 25.5. The van der Waals surface area contributed by atoms with Crippen LogP contribution in [0.2, 0.25) is 0 Å². The maximum Gasteiger partial charge on any atom is 0.414 e. The van der Waals surface area contributed by atoms with Gasteiger partial charge in [0, 0.05) is 38.3 Å². The number of carbonyl (C=O) groups is 2. The van der Waals surface area contributed by atoms with Crippen LogP contribution >= 0.6 is 0 Å². The Hall–Kier alpha value is -3.60. The first-order valence-electron chi connectivity index (χ1n) is 9.65. The number of rotatable bonds is 6. The second-order valence-electron chi connectivity index (χ2n) is 6.85. The van der Waals surface area contributed by atoms with Crippen LogP contribution in [0.15, 0.2) is 58.3 Å². The van der Waals surface area contributed by atoms with Gasteiger partial charge in [-0.25, -0.2) is 26.4 Å². The van der Waals surface area contributed by atoms with E-state index in [4.69, 9.17) is 24.5 Å². The van der Waals surface area contributed by atoms with Crippen molar-refractivity contribution in [2.75, 3.05) is 33.3 Å². The molecule has 2 aromatic carbocycles. The molecule has 190 valence electrons. The Morgan fingerprint density at radius 2 is 1.14 bits per heavy atom. The van der Waals surface area contributed by atoms with Crippen LogP contribution in [0.25, 0.3) is 0 Å². The van der Waals surface area contributed by atoms with Gasteiger partial charge in [0.2, 0.25) is 20.0 Å². The van der Waals surface area contributed by atoms with Gasteiger partial charge >= 0.3 is 11.9 Å². The Morgan fingerprint density at radius 1 is 0.800 bits per heavy atom. The molecule has 2 N–H and O–H groups in total. The first kappa shape index (κ1) is 27.6. The molecule has 0 saturated carbocycles. The highest BCUT2D eigenvalue weighted by atomic mass is 32.2. The maximum absolute atomic E-state index is 12.8. The Bertz CT molecular complexity index is 1270. The standard InChI is InChI=1S/C17H19N3O7S2.C2H2O4/c1-27-15-4-8-17(9-5-15)29(25,26)19-12-10-18(11-13-19)28(23,24)16-6-2-14(3-7-16)20(21)22;3-1(4)2(5)6/h2-9H,10-13H2,1H3;(H,3,4)(H,5,6). The number of hydrogen-bond donors (Lipinski definition) is 2. The molecule has 0 aromatic heterocycles. The largest absolute Gasteiger partial charge is 0.497 e. The number of aliphatic carboxylic acids is 2. The Kier molecular flexibility index (Phi) is 8.86. The van der Waals surface area contributed by atoms with Gasteiger partial charge in [-0.1, -0.05) is 0 Å². The molecule has 0 aliphatic carbocycles. The highest BCUT2D eigenvalue weighted by molar-refractivity contribution is 7.89. The van der Waals surface area contributed by atoms with Gasteiger partial charge in [-0.05, 0) is 36.4 Å². The first-order valence-corrected chi connectivity index (χ1v) is 12.5. The summed E-state index contributed by atoms with van der Waals surface area (Å²) in [6.45, 7) is -0.0371. The number of sulfonamides is 2. The smallest absolute Gasteiger partial charge is 0.414 e. The molecule has 0 atom stereocenters. The van der Waals surface area contributed by atoms with E-state index in [1.54, 1.807) is 12.1 Å². The van der Waals surface area contributed by atoms with Crippen LogP contribution in [0.3, 0.4) is 0 Å². The number of methoxy groups -OCH3 is 1. The van der Waals surface area contributed by atoms with Crippen LogP contribution < -0.4 is 4.74 Å². The van der Waals surface area contributed by atoms with E-state index in [0.717, 1.165) is 12.1 Å². The number of nitro groups is 1. The van der Waals surface area contributed by atoms with Crippen LogP contribution in [0, 0.1) is 10.1 Å². The number of non-ortho nitro benzene ring substituents is 1. The Labute approximate surface area is 200 Å². The lowest BCUT2D eigenvalue weighted by molar-refractivity contribution is -0.384. The molecular weight excluding hydrogens is 510 g/mol. The van der Waals surface area contributed by atoms with Crippen molar-refractivity contribution < 1.29 is 46.3 Å². The van der Waals surface area contributed by atoms with Crippen molar-refractivity contribution in [1.82, 2.24) is 8.61 Å². The lowest BCUT2D eigenvalue weighted by Crippen LogP contribution is -2.50. The predicted molar refractivity (Wildman–Crippen MR) is 119 cm³/mol. The van der Waals surface area contributed by atoms with Crippen LogP contribution in [0.4, 0.5) is 5.69 Å². The zero-order chi connectivity index (χ0) is 26.4. The summed E-state index contributed by atoms with van der Waals surface area (Å²) in [6.07, 6.45) is 0. The third kappa shape index (κ3) is 6.72. The zero-order valence-corrected chi connectivity index (χ0v) is 19.8. The minimum Gasteiger partial charge on any atom is -0.497 e. The van der Waals surface area contributed by atoms with E-state index in [2.05, 4.69) is 0 Å². The third-order valence-corrected chi connectivity index (χ3v) is 8.59. The fourth-order valence-corrected chi connectivity index (χ4v) is 5.78. The number of nitro benzene ring substituents is 1. The summed E-state index contributed by atoms with van der Waals surface area (Å²) in [6, 6.07) is 10.6. The number of ether oxygens (including phenoxy) is 1. The molecule has 1 saturated heterocycles. The van der Waals surface area contributed by atoms with Gasteiger partial charge in [-0.2, -0.15) is 8.61 Å². The first-order chi connectivity index (χ1) is 16.3. The molecule has 0 spiro atoms. The molecule has 0 bridgehead atoms. The predicted octanol–water partition coefficient (Wildman–Crippen LogP) is 0.454. The molecule has 1 fully saturated rings. The van der Waals surface area contributed by atoms with Crippen molar-refractivity contribution in [2.24, 2.45) is 0 Å². The molecule has 0 amide bonds. The topological polar surface area (TPSA) is 202 Å². The number of carboxylic acids is 2. The summed E-state index contributed by atoms with van der Waals surface area (Å²) in [4.78, 5) is 28.3. The minimum absolute atomic E-state index is 0.000569. The molecule has 0 unspecified atom stereocenters. The van der Waals surface area contributed by atoms with Crippen LogP contribution in [-0.2, 0) is 29.6 Å². The van der Waals surface area contributed by atoms with E-state index in [-0.39, 0.29) is 41.7 Å². The number of carboxylic acid groups (broad SMARTS) is 2. The molecule has 1 heterocycles. The Balaban J connectivity index is 0.000000641. The summed E-state index contributed by atoms with van der Waals surface area (Å²) in [5.74, 6) is -3.12. The molecular formula is C19H21N3O11S2. The highest BCUT2D eigenvalue weighted by Crippen LogP contribution is 2.24. The fourth-order valence-electron chi connectivity index (χ4n) is 2.94. The van der Waals surface area contributed by atoms with Crippen molar-refractivity contribution in [1.29, 1.82) is 0 Å². The molecule has 2 aromatic rings. The molecule has 3 rings (SSSR count). The van der Waals surface area contributed by atoms with Gasteiger partial charge in [-0.3, -0.25) is 10.1 Å². The quantitative estimate of drug-likeness (QED) is 0.298. The zero-order valence-electron chi connectivity index (χ0n) is 18.2. The lowest BCUT2D eigenvalue weighted by Gasteiger charge is -2.33. The van der Waals surface area contributed by atoms with Gasteiger partial charge in [0.1, 0.15) is 5.75 Å². The second kappa shape index (κ2) is 11.2. The minimum atomic E-state index is -3.87. The van der Waals surface area contributed by atoms with Crippen molar-refractivity contribution in [2.45, 2.75) is 9.79 Å². The van der Waals surface area contributed by atoms with Crippen molar-refractivity contribution in [3.05, 3.63) is 58.6 Å². The normalized spacial score (nSPS) is 14.9. The number of hydrogen-bond acceptors (Lipinski definition) is 9. The van der Waals surface area contributed by atoms with E-state index in [1.807, 2.05) is 0 Å². The molecule has 0 radical (unpaired) electrons. The highest BCUT2D eigenvalue weighted by Gasteiger charge is 2.34. The van der Waals surface area contributed by atoms with E-state index < -0.39 is 36.9 Å². The van der Waals surface area contributed by atoms with Crippen molar-refractivity contribution in [3.8, 4) is 5.75 Å². The lowest BCUT2D eigenvalue weighted by atomic mass is 10.3. The van der Waals surface area contributed by atoms with E-state index >= 15 is 0 Å². The monoisotopic (exact) mass is 531 g/mol. The molecule has 1 aliphatic rings. The molecule has 14 nitrogen and oxygen atoms in total. The van der Waals surface area contributed by atoms with Crippen LogP contribution in [-0.4, -0.2) is 85.8 Å². The summed E-state index contributed by atoms with van der Waals surface area (Å²) in [5.41, 5.74) is -0.209. The van der Waals surface area contributed by atoms with Gasteiger partial charge in [0.25, 0.3) is 5.69 Å².